The van der Waals surface area contributed by atoms with Crippen molar-refractivity contribution in [1.82, 2.24) is 4.90 Å². The maximum absolute atomic E-state index is 12.8. The number of esters is 1. The van der Waals surface area contributed by atoms with Crippen LogP contribution in [0.1, 0.15) is 29.8 Å². The highest BCUT2D eigenvalue weighted by Gasteiger charge is 2.30. The first-order valence-electron chi connectivity index (χ1n) is 10.5. The number of amides is 1. The fraction of sp³-hybridized carbons (Fsp3) is 0.250. The van der Waals surface area contributed by atoms with E-state index in [1.165, 1.54) is 16.7 Å². The molecule has 3 rings (SSSR count). The number of ether oxygens (including phenoxy) is 3. The summed E-state index contributed by atoms with van der Waals surface area (Å²) in [5.41, 5.74) is 1.71. The number of carboxylic acids is 1. The van der Waals surface area contributed by atoms with E-state index in [0.29, 0.717) is 51.6 Å². The lowest BCUT2D eigenvalue weighted by Gasteiger charge is -2.11. The summed E-state index contributed by atoms with van der Waals surface area (Å²) < 4.78 is 15.8. The molecule has 0 aliphatic carbocycles. The summed E-state index contributed by atoms with van der Waals surface area (Å²) >= 11 is 1.22. The van der Waals surface area contributed by atoms with Gasteiger partial charge in [0.05, 0.1) is 29.4 Å². The van der Waals surface area contributed by atoms with Crippen molar-refractivity contribution >= 4 is 46.5 Å². The largest absolute Gasteiger partial charge is 0.490 e. The SMILES string of the molecule is CCOC(=O)c1ccc(N=C2S/C(=C\c3ccc(OCC(=O)O)c(OCC)c3)C(=O)N2C)cc1. The second kappa shape index (κ2) is 11.4. The monoisotopic (exact) mass is 484 g/mol. The van der Waals surface area contributed by atoms with Crippen molar-refractivity contribution in [3.8, 4) is 11.5 Å². The zero-order valence-electron chi connectivity index (χ0n) is 18.9. The number of carboxylic acid groups (broad SMARTS) is 1. The van der Waals surface area contributed by atoms with Crippen LogP contribution in [0.2, 0.25) is 0 Å². The van der Waals surface area contributed by atoms with Crippen LogP contribution >= 0.6 is 11.8 Å². The van der Waals surface area contributed by atoms with Gasteiger partial charge in [-0.25, -0.2) is 14.6 Å². The summed E-state index contributed by atoms with van der Waals surface area (Å²) in [6.07, 6.45) is 1.71. The van der Waals surface area contributed by atoms with Crippen molar-refractivity contribution in [2.45, 2.75) is 13.8 Å². The van der Waals surface area contributed by atoms with Crippen LogP contribution in [0.25, 0.3) is 6.08 Å². The molecule has 178 valence electrons. The molecule has 1 N–H and O–H groups in total. The van der Waals surface area contributed by atoms with Crippen LogP contribution in [0.4, 0.5) is 5.69 Å². The lowest BCUT2D eigenvalue weighted by atomic mass is 10.2. The van der Waals surface area contributed by atoms with E-state index < -0.39 is 18.5 Å². The molecule has 1 heterocycles. The Morgan fingerprint density at radius 1 is 1.06 bits per heavy atom. The number of benzene rings is 2. The number of amidine groups is 1. The number of hydrogen-bond donors (Lipinski definition) is 1. The number of nitrogens with zero attached hydrogens (tertiary/aromatic N) is 2. The van der Waals surface area contributed by atoms with E-state index in [2.05, 4.69) is 4.99 Å². The molecule has 9 nitrogen and oxygen atoms in total. The molecule has 2 aromatic rings. The van der Waals surface area contributed by atoms with Crippen LogP contribution in [0.15, 0.2) is 52.4 Å². The number of carbonyl (C=O) groups excluding carboxylic acids is 2. The number of thioether (sulfide) groups is 1. The third kappa shape index (κ3) is 6.16. The van der Waals surface area contributed by atoms with Gasteiger partial charge in [-0.05, 0) is 73.6 Å². The van der Waals surface area contributed by atoms with Gasteiger partial charge in [0.2, 0.25) is 0 Å². The van der Waals surface area contributed by atoms with Crippen LogP contribution in [0, 0.1) is 0 Å². The zero-order valence-corrected chi connectivity index (χ0v) is 19.8. The van der Waals surface area contributed by atoms with Gasteiger partial charge >= 0.3 is 11.9 Å². The fourth-order valence-electron chi connectivity index (χ4n) is 2.94. The average Bonchev–Trinajstić information content (AvgIpc) is 3.07. The molecule has 1 amide bonds. The standard InChI is InChI=1S/C24H24N2O7S/c1-4-31-19-12-15(6-11-18(19)33-14-21(27)28)13-20-22(29)26(3)24(34-20)25-17-9-7-16(8-10-17)23(30)32-5-2/h6-13H,4-5,14H2,1-3H3,(H,27,28)/b20-13-,25-24?. The average molecular weight is 485 g/mol. The summed E-state index contributed by atoms with van der Waals surface area (Å²) in [7, 11) is 1.64. The minimum Gasteiger partial charge on any atom is -0.490 e. The number of aliphatic carboxylic acids is 1. The van der Waals surface area contributed by atoms with E-state index in [4.69, 9.17) is 19.3 Å². The van der Waals surface area contributed by atoms with Gasteiger partial charge in [-0.2, -0.15) is 0 Å². The molecule has 1 aliphatic rings. The molecule has 10 heteroatoms. The van der Waals surface area contributed by atoms with Crippen molar-refractivity contribution in [2.24, 2.45) is 4.99 Å². The van der Waals surface area contributed by atoms with Gasteiger partial charge in [-0.1, -0.05) is 6.07 Å². The summed E-state index contributed by atoms with van der Waals surface area (Å²) in [5, 5.41) is 9.32. The Labute approximate surface area is 201 Å². The Kier molecular flexibility index (Phi) is 8.31. The third-order valence-corrected chi connectivity index (χ3v) is 5.58. The number of hydrogen-bond acceptors (Lipinski definition) is 8. The first kappa shape index (κ1) is 24.8. The van der Waals surface area contributed by atoms with Crippen LogP contribution < -0.4 is 9.47 Å². The first-order valence-corrected chi connectivity index (χ1v) is 11.3. The van der Waals surface area contributed by atoms with E-state index in [9.17, 15) is 14.4 Å². The molecule has 0 unspecified atom stereocenters. The molecule has 34 heavy (non-hydrogen) atoms. The maximum Gasteiger partial charge on any atom is 0.341 e. The van der Waals surface area contributed by atoms with Crippen molar-refractivity contribution < 1.29 is 33.7 Å². The molecular weight excluding hydrogens is 460 g/mol. The normalized spacial score (nSPS) is 15.6. The molecule has 2 aromatic carbocycles. The topological polar surface area (TPSA) is 115 Å². The molecule has 0 saturated carbocycles. The second-order valence-electron chi connectivity index (χ2n) is 6.96. The zero-order chi connectivity index (χ0) is 24.7. The minimum absolute atomic E-state index is 0.212. The van der Waals surface area contributed by atoms with Crippen LogP contribution in [-0.4, -0.2) is 59.9 Å². The van der Waals surface area contributed by atoms with Gasteiger partial charge in [-0.15, -0.1) is 0 Å². The Bertz CT molecular complexity index is 1140. The van der Waals surface area contributed by atoms with Gasteiger partial charge in [0.15, 0.2) is 23.3 Å². The van der Waals surface area contributed by atoms with Gasteiger partial charge < -0.3 is 19.3 Å². The lowest BCUT2D eigenvalue weighted by molar-refractivity contribution is -0.139. The molecule has 0 radical (unpaired) electrons. The Morgan fingerprint density at radius 3 is 2.44 bits per heavy atom. The van der Waals surface area contributed by atoms with Crippen molar-refractivity contribution in [3.05, 3.63) is 58.5 Å². The fourth-order valence-corrected chi connectivity index (χ4v) is 3.93. The van der Waals surface area contributed by atoms with Crippen molar-refractivity contribution in [2.75, 3.05) is 26.9 Å². The number of rotatable bonds is 9. The molecular formula is C24H24N2O7S. The summed E-state index contributed by atoms with van der Waals surface area (Å²) in [5.74, 6) is -1.01. The number of aliphatic imine (C=N–C) groups is 1. The first-order chi connectivity index (χ1) is 16.3. The Balaban J connectivity index is 1.80. The van der Waals surface area contributed by atoms with E-state index in [1.54, 1.807) is 69.4 Å². The summed E-state index contributed by atoms with van der Waals surface area (Å²) in [6, 6.07) is 11.6. The van der Waals surface area contributed by atoms with E-state index in [1.807, 2.05) is 0 Å². The molecule has 0 bridgehead atoms. The summed E-state index contributed by atoms with van der Waals surface area (Å²) in [6.45, 7) is 3.73. The number of carbonyl (C=O) groups is 3. The molecule has 1 saturated heterocycles. The van der Waals surface area contributed by atoms with Gasteiger partial charge in [0.25, 0.3) is 5.91 Å². The predicted molar refractivity (Wildman–Crippen MR) is 129 cm³/mol. The van der Waals surface area contributed by atoms with E-state index in [0.717, 1.165) is 0 Å². The molecule has 0 spiro atoms. The predicted octanol–water partition coefficient (Wildman–Crippen LogP) is 3.96. The smallest absolute Gasteiger partial charge is 0.341 e. The highest BCUT2D eigenvalue weighted by atomic mass is 32.2. The molecule has 0 atom stereocenters. The third-order valence-electron chi connectivity index (χ3n) is 4.52. The van der Waals surface area contributed by atoms with Crippen LogP contribution in [0.3, 0.4) is 0 Å². The maximum atomic E-state index is 12.8. The van der Waals surface area contributed by atoms with Crippen LogP contribution in [-0.2, 0) is 14.3 Å². The molecule has 0 aromatic heterocycles. The van der Waals surface area contributed by atoms with Gasteiger partial charge in [0.1, 0.15) is 0 Å². The van der Waals surface area contributed by atoms with Crippen molar-refractivity contribution in [3.63, 3.8) is 0 Å². The molecule has 1 fully saturated rings. The van der Waals surface area contributed by atoms with Crippen molar-refractivity contribution in [1.29, 1.82) is 0 Å². The Hall–Kier alpha value is -3.79. The number of likely N-dealkylation sites (N-methyl/N-ethyl adjacent to an activating group) is 1. The van der Waals surface area contributed by atoms with E-state index in [-0.39, 0.29) is 5.91 Å². The van der Waals surface area contributed by atoms with Crippen LogP contribution in [0.5, 0.6) is 11.5 Å². The molecule has 1 aliphatic heterocycles. The summed E-state index contributed by atoms with van der Waals surface area (Å²) in [4.78, 5) is 41.8. The highest BCUT2D eigenvalue weighted by Crippen LogP contribution is 2.35. The highest BCUT2D eigenvalue weighted by molar-refractivity contribution is 8.18. The van der Waals surface area contributed by atoms with E-state index >= 15 is 0 Å². The van der Waals surface area contributed by atoms with Gasteiger partial charge in [0, 0.05) is 7.05 Å². The second-order valence-corrected chi connectivity index (χ2v) is 7.97. The lowest BCUT2D eigenvalue weighted by Crippen LogP contribution is -2.23. The van der Waals surface area contributed by atoms with Gasteiger partial charge in [-0.3, -0.25) is 9.69 Å². The Morgan fingerprint density at radius 2 is 1.79 bits per heavy atom. The minimum atomic E-state index is -1.09. The quantitative estimate of drug-likeness (QED) is 0.420.